The lowest BCUT2D eigenvalue weighted by Crippen LogP contribution is -1.98. The molecule has 0 fully saturated rings. The van der Waals surface area contributed by atoms with Crippen LogP contribution in [0.3, 0.4) is 0 Å². The molecule has 84 valence electrons. The lowest BCUT2D eigenvalue weighted by atomic mass is 10.3. The van der Waals surface area contributed by atoms with Crippen molar-refractivity contribution in [1.82, 2.24) is 9.78 Å². The third-order valence-electron chi connectivity index (χ3n) is 2.50. The van der Waals surface area contributed by atoms with E-state index in [-0.39, 0.29) is 0 Å². The Bertz CT molecular complexity index is 628. The third kappa shape index (κ3) is 1.88. The Hall–Kier alpha value is -1.58. The first kappa shape index (κ1) is 10.6. The molecule has 3 aromatic rings. The largest absolute Gasteiger partial charge is 0.231 e. The first-order chi connectivity index (χ1) is 8.36. The molecule has 4 heteroatoms. The van der Waals surface area contributed by atoms with Crippen molar-refractivity contribution in [3.63, 3.8) is 0 Å². The Balaban J connectivity index is 2.17. The van der Waals surface area contributed by atoms with E-state index in [2.05, 4.69) is 16.5 Å². The van der Waals surface area contributed by atoms with Gasteiger partial charge in [-0.15, -0.1) is 11.3 Å². The van der Waals surface area contributed by atoms with E-state index in [1.165, 1.54) is 4.88 Å². The van der Waals surface area contributed by atoms with Crippen LogP contribution in [0.1, 0.15) is 0 Å². The van der Waals surface area contributed by atoms with E-state index in [4.69, 9.17) is 11.6 Å². The molecule has 0 amide bonds. The summed E-state index contributed by atoms with van der Waals surface area (Å²) in [6, 6.07) is 13.8. The molecule has 0 bridgehead atoms. The second-order valence-electron chi connectivity index (χ2n) is 3.56. The Kier molecular flexibility index (Phi) is 2.71. The highest BCUT2D eigenvalue weighted by Crippen LogP contribution is 2.29. The molecule has 2 nitrogen and oxygen atoms in total. The molecule has 17 heavy (non-hydrogen) atoms. The van der Waals surface area contributed by atoms with Crippen LogP contribution in [0.4, 0.5) is 0 Å². The minimum atomic E-state index is 0.703. The fourth-order valence-corrected chi connectivity index (χ4v) is 2.68. The fraction of sp³-hybridized carbons (Fsp3) is 0. The number of aromatic nitrogens is 2. The minimum absolute atomic E-state index is 0.703. The van der Waals surface area contributed by atoms with Crippen molar-refractivity contribution in [2.45, 2.75) is 0 Å². The minimum Gasteiger partial charge on any atom is -0.231 e. The maximum Gasteiger partial charge on any atom is 0.0841 e. The summed E-state index contributed by atoms with van der Waals surface area (Å²) >= 11 is 7.88. The average molecular weight is 261 g/mol. The molecule has 0 radical (unpaired) electrons. The van der Waals surface area contributed by atoms with Crippen LogP contribution in [0.25, 0.3) is 16.3 Å². The van der Waals surface area contributed by atoms with E-state index in [9.17, 15) is 0 Å². The standard InChI is InChI=1S/C13H9ClN2S/c14-10-4-1-2-5-11(10)16-12(7-8-15-16)13-6-3-9-17-13/h1-9H. The molecule has 0 aliphatic heterocycles. The lowest BCUT2D eigenvalue weighted by molar-refractivity contribution is 0.890. The van der Waals surface area contributed by atoms with Gasteiger partial charge in [0.15, 0.2) is 0 Å². The molecular weight excluding hydrogens is 252 g/mol. The van der Waals surface area contributed by atoms with Crippen LogP contribution in [0, 0.1) is 0 Å². The van der Waals surface area contributed by atoms with Gasteiger partial charge in [-0.05, 0) is 29.6 Å². The topological polar surface area (TPSA) is 17.8 Å². The zero-order valence-electron chi connectivity index (χ0n) is 8.88. The highest BCUT2D eigenvalue weighted by molar-refractivity contribution is 7.13. The first-order valence-corrected chi connectivity index (χ1v) is 6.45. The third-order valence-corrected chi connectivity index (χ3v) is 3.71. The maximum absolute atomic E-state index is 6.19. The van der Waals surface area contributed by atoms with Gasteiger partial charge in [-0.2, -0.15) is 5.10 Å². The van der Waals surface area contributed by atoms with Crippen LogP contribution in [0.5, 0.6) is 0 Å². The predicted octanol–water partition coefficient (Wildman–Crippen LogP) is 4.25. The highest BCUT2D eigenvalue weighted by Gasteiger charge is 2.10. The highest BCUT2D eigenvalue weighted by atomic mass is 35.5. The number of rotatable bonds is 2. The van der Waals surface area contributed by atoms with Gasteiger partial charge >= 0.3 is 0 Å². The van der Waals surface area contributed by atoms with Gasteiger partial charge in [-0.1, -0.05) is 29.8 Å². The quantitative estimate of drug-likeness (QED) is 0.673. The summed E-state index contributed by atoms with van der Waals surface area (Å²) in [6.45, 7) is 0. The lowest BCUT2D eigenvalue weighted by Gasteiger charge is -2.07. The summed E-state index contributed by atoms with van der Waals surface area (Å²) in [6.07, 6.45) is 1.79. The number of halogens is 1. The van der Waals surface area contributed by atoms with E-state index in [1.54, 1.807) is 17.5 Å². The van der Waals surface area contributed by atoms with Gasteiger partial charge in [-0.3, -0.25) is 0 Å². The van der Waals surface area contributed by atoms with Crippen LogP contribution in [-0.2, 0) is 0 Å². The van der Waals surface area contributed by atoms with Crippen LogP contribution in [0.15, 0.2) is 54.0 Å². The van der Waals surface area contributed by atoms with E-state index in [0.717, 1.165) is 11.4 Å². The number of thiophene rings is 1. The summed E-state index contributed by atoms with van der Waals surface area (Å²) in [5.74, 6) is 0. The first-order valence-electron chi connectivity index (χ1n) is 5.19. The molecule has 3 rings (SSSR count). The van der Waals surface area contributed by atoms with E-state index >= 15 is 0 Å². The normalized spacial score (nSPS) is 10.6. The van der Waals surface area contributed by atoms with Crippen molar-refractivity contribution >= 4 is 22.9 Å². The molecular formula is C13H9ClN2S. The molecule has 0 saturated carbocycles. The predicted molar refractivity (Wildman–Crippen MR) is 71.9 cm³/mol. The molecule has 0 atom stereocenters. The monoisotopic (exact) mass is 260 g/mol. The van der Waals surface area contributed by atoms with Crippen LogP contribution < -0.4 is 0 Å². The SMILES string of the molecule is Clc1ccccc1-n1nccc1-c1cccs1. The maximum atomic E-state index is 6.19. The summed E-state index contributed by atoms with van der Waals surface area (Å²) in [7, 11) is 0. The summed E-state index contributed by atoms with van der Waals surface area (Å²) < 4.78 is 1.87. The number of benzene rings is 1. The van der Waals surface area contributed by atoms with E-state index in [0.29, 0.717) is 5.02 Å². The molecule has 0 aliphatic carbocycles. The zero-order valence-corrected chi connectivity index (χ0v) is 10.4. The summed E-state index contributed by atoms with van der Waals surface area (Å²) in [4.78, 5) is 1.18. The molecule has 0 aliphatic rings. The van der Waals surface area contributed by atoms with Gasteiger partial charge in [0, 0.05) is 0 Å². The van der Waals surface area contributed by atoms with Gasteiger partial charge in [0.1, 0.15) is 0 Å². The molecule has 0 saturated heterocycles. The molecule has 0 N–H and O–H groups in total. The van der Waals surface area contributed by atoms with Crippen molar-refractivity contribution < 1.29 is 0 Å². The average Bonchev–Trinajstić information content (AvgIpc) is 3.00. The van der Waals surface area contributed by atoms with Crippen molar-refractivity contribution in [3.8, 4) is 16.3 Å². The summed E-state index contributed by atoms with van der Waals surface area (Å²) in [5, 5.41) is 7.10. The van der Waals surface area contributed by atoms with E-state index in [1.807, 2.05) is 41.1 Å². The second kappa shape index (κ2) is 4.35. The van der Waals surface area contributed by atoms with Crippen molar-refractivity contribution in [2.24, 2.45) is 0 Å². The smallest absolute Gasteiger partial charge is 0.0841 e. The molecule has 0 unspecified atom stereocenters. The number of hydrogen-bond donors (Lipinski definition) is 0. The fourth-order valence-electron chi connectivity index (χ4n) is 1.73. The molecule has 2 heterocycles. The Morgan fingerprint density at radius 2 is 1.94 bits per heavy atom. The second-order valence-corrected chi connectivity index (χ2v) is 4.91. The van der Waals surface area contributed by atoms with Gasteiger partial charge in [0.05, 0.1) is 27.5 Å². The van der Waals surface area contributed by atoms with Crippen molar-refractivity contribution in [2.75, 3.05) is 0 Å². The van der Waals surface area contributed by atoms with Crippen molar-refractivity contribution in [3.05, 3.63) is 59.1 Å². The molecule has 1 aromatic carbocycles. The molecule has 0 spiro atoms. The van der Waals surface area contributed by atoms with Crippen LogP contribution >= 0.6 is 22.9 Å². The molecule has 2 aromatic heterocycles. The van der Waals surface area contributed by atoms with Crippen LogP contribution in [0.2, 0.25) is 5.02 Å². The van der Waals surface area contributed by atoms with E-state index < -0.39 is 0 Å². The van der Waals surface area contributed by atoms with Gasteiger partial charge in [-0.25, -0.2) is 4.68 Å². The number of nitrogens with zero attached hydrogens (tertiary/aromatic N) is 2. The van der Waals surface area contributed by atoms with Crippen LogP contribution in [-0.4, -0.2) is 9.78 Å². The van der Waals surface area contributed by atoms with Gasteiger partial charge in [0.2, 0.25) is 0 Å². The number of hydrogen-bond acceptors (Lipinski definition) is 2. The van der Waals surface area contributed by atoms with Gasteiger partial charge in [0.25, 0.3) is 0 Å². The van der Waals surface area contributed by atoms with Crippen molar-refractivity contribution in [1.29, 1.82) is 0 Å². The Morgan fingerprint density at radius 1 is 1.06 bits per heavy atom. The Morgan fingerprint density at radius 3 is 2.71 bits per heavy atom. The number of para-hydroxylation sites is 1. The summed E-state index contributed by atoms with van der Waals surface area (Å²) in [5.41, 5.74) is 1.97. The zero-order chi connectivity index (χ0) is 11.7. The Labute approximate surface area is 108 Å². The van der Waals surface area contributed by atoms with Gasteiger partial charge < -0.3 is 0 Å².